The van der Waals surface area contributed by atoms with Crippen molar-refractivity contribution in [3.05, 3.63) is 60.4 Å². The molecule has 34 heavy (non-hydrogen) atoms. The Hall–Kier alpha value is -2.84. The van der Waals surface area contributed by atoms with Crippen LogP contribution in [0.15, 0.2) is 59.8 Å². The molecule has 0 bridgehead atoms. The zero-order chi connectivity index (χ0) is 23.8. The van der Waals surface area contributed by atoms with Crippen LogP contribution in [-0.4, -0.2) is 58.1 Å². The normalized spacial score (nSPS) is 14.4. The number of benzene rings is 2. The van der Waals surface area contributed by atoms with Crippen molar-refractivity contribution in [1.82, 2.24) is 19.7 Å². The Kier molecular flexibility index (Phi) is 8.60. The van der Waals surface area contributed by atoms with E-state index in [1.54, 1.807) is 7.11 Å². The zero-order valence-corrected chi connectivity index (χ0v) is 20.7. The van der Waals surface area contributed by atoms with Crippen molar-refractivity contribution in [2.45, 2.75) is 38.1 Å². The number of hydrogen-bond donors (Lipinski definition) is 0. The fraction of sp³-hybridized carbons (Fsp3) is 0.423. The maximum absolute atomic E-state index is 12.7. The molecule has 4 rings (SSSR count). The minimum absolute atomic E-state index is 0.160. The molecule has 0 radical (unpaired) electrons. The molecule has 1 amide bonds. The lowest BCUT2D eigenvalue weighted by atomic mass is 9.99. The predicted molar refractivity (Wildman–Crippen MR) is 134 cm³/mol. The summed E-state index contributed by atoms with van der Waals surface area (Å²) in [4.78, 5) is 14.7. The van der Waals surface area contributed by atoms with Crippen molar-refractivity contribution in [2.75, 3.05) is 32.6 Å². The molecule has 1 aliphatic rings. The van der Waals surface area contributed by atoms with Gasteiger partial charge in [-0.1, -0.05) is 67.2 Å². The maximum atomic E-state index is 12.7. The molecule has 1 fully saturated rings. The summed E-state index contributed by atoms with van der Waals surface area (Å²) >= 11 is 1.43. The van der Waals surface area contributed by atoms with E-state index in [0.29, 0.717) is 35.8 Å². The third-order valence-electron chi connectivity index (χ3n) is 6.10. The first kappa shape index (κ1) is 24.3. The number of methoxy groups -OCH3 is 1. The van der Waals surface area contributed by atoms with Crippen molar-refractivity contribution >= 4 is 17.7 Å². The number of likely N-dealkylation sites (tertiary alicyclic amines) is 1. The third kappa shape index (κ3) is 6.18. The molecule has 7 nitrogen and oxygen atoms in total. The number of hydrogen-bond acceptors (Lipinski definition) is 6. The fourth-order valence-electron chi connectivity index (χ4n) is 4.01. The number of para-hydroxylation sites is 1. The van der Waals surface area contributed by atoms with Crippen LogP contribution >= 0.6 is 11.8 Å². The lowest BCUT2D eigenvalue weighted by Gasteiger charge is -2.30. The molecular weight excluding hydrogens is 448 g/mol. The first-order chi connectivity index (χ1) is 16.7. The number of piperidine rings is 1. The van der Waals surface area contributed by atoms with E-state index in [4.69, 9.17) is 9.47 Å². The summed E-state index contributed by atoms with van der Waals surface area (Å²) in [5, 5.41) is 9.45. The lowest BCUT2D eigenvalue weighted by Crippen LogP contribution is -2.38. The van der Waals surface area contributed by atoms with Crippen LogP contribution in [0.1, 0.15) is 25.6 Å². The molecule has 8 heteroatoms. The fourth-order valence-corrected chi connectivity index (χ4v) is 4.89. The maximum Gasteiger partial charge on any atom is 0.233 e. The number of rotatable bonds is 10. The summed E-state index contributed by atoms with van der Waals surface area (Å²) in [7, 11) is 1.67. The van der Waals surface area contributed by atoms with Crippen molar-refractivity contribution in [1.29, 1.82) is 0 Å². The molecule has 0 unspecified atom stereocenters. The second-order valence-electron chi connectivity index (χ2n) is 8.55. The van der Waals surface area contributed by atoms with Gasteiger partial charge in [0.25, 0.3) is 0 Å². The molecule has 2 heterocycles. The van der Waals surface area contributed by atoms with Crippen LogP contribution in [0.5, 0.6) is 5.75 Å². The van der Waals surface area contributed by atoms with Crippen molar-refractivity contribution in [2.24, 2.45) is 5.92 Å². The van der Waals surface area contributed by atoms with E-state index in [9.17, 15) is 4.79 Å². The van der Waals surface area contributed by atoms with E-state index in [1.165, 1.54) is 11.8 Å². The van der Waals surface area contributed by atoms with Gasteiger partial charge in [-0.05, 0) is 30.4 Å². The van der Waals surface area contributed by atoms with Gasteiger partial charge in [0.15, 0.2) is 11.0 Å². The van der Waals surface area contributed by atoms with Gasteiger partial charge in [-0.3, -0.25) is 4.79 Å². The Bertz CT molecular complexity index is 1060. The summed E-state index contributed by atoms with van der Waals surface area (Å²) in [6, 6.07) is 18.2. The van der Waals surface area contributed by atoms with Gasteiger partial charge in [0, 0.05) is 32.3 Å². The summed E-state index contributed by atoms with van der Waals surface area (Å²) in [6.45, 7) is 5.33. The Morgan fingerprint density at radius 3 is 2.56 bits per heavy atom. The van der Waals surface area contributed by atoms with E-state index in [0.717, 1.165) is 42.8 Å². The minimum Gasteiger partial charge on any atom is -0.485 e. The highest BCUT2D eigenvalue weighted by Crippen LogP contribution is 2.30. The van der Waals surface area contributed by atoms with Gasteiger partial charge in [0.1, 0.15) is 12.4 Å². The highest BCUT2D eigenvalue weighted by molar-refractivity contribution is 7.99. The summed E-state index contributed by atoms with van der Waals surface area (Å²) in [5.41, 5.74) is 2.13. The molecule has 3 aromatic rings. The number of carbonyl (C=O) groups excluding carboxylic acids is 1. The van der Waals surface area contributed by atoms with Crippen LogP contribution in [0.25, 0.3) is 11.1 Å². The minimum atomic E-state index is 0.160. The molecule has 0 spiro atoms. The van der Waals surface area contributed by atoms with Gasteiger partial charge < -0.3 is 18.9 Å². The number of nitrogens with zero attached hydrogens (tertiary/aromatic N) is 4. The topological polar surface area (TPSA) is 69.5 Å². The van der Waals surface area contributed by atoms with Crippen LogP contribution in [0.4, 0.5) is 0 Å². The van der Waals surface area contributed by atoms with Gasteiger partial charge in [-0.2, -0.15) is 0 Å². The third-order valence-corrected chi connectivity index (χ3v) is 7.05. The number of amides is 1. The summed E-state index contributed by atoms with van der Waals surface area (Å²) in [5.74, 6) is 2.72. The van der Waals surface area contributed by atoms with Crippen LogP contribution in [0.3, 0.4) is 0 Å². The molecule has 2 aromatic carbocycles. The second kappa shape index (κ2) is 12.0. The largest absolute Gasteiger partial charge is 0.485 e. The molecule has 0 N–H and O–H groups in total. The zero-order valence-electron chi connectivity index (χ0n) is 19.9. The summed E-state index contributed by atoms with van der Waals surface area (Å²) < 4.78 is 13.5. The molecular formula is C26H32N4O3S. The van der Waals surface area contributed by atoms with Crippen molar-refractivity contribution in [3.63, 3.8) is 0 Å². The number of ether oxygens (including phenoxy) is 2. The smallest absolute Gasteiger partial charge is 0.233 e. The van der Waals surface area contributed by atoms with Gasteiger partial charge in [-0.25, -0.2) is 0 Å². The van der Waals surface area contributed by atoms with Gasteiger partial charge in [-0.15, -0.1) is 10.2 Å². The predicted octanol–water partition coefficient (Wildman–Crippen LogP) is 4.52. The first-order valence-corrected chi connectivity index (χ1v) is 12.7. The Labute approximate surface area is 205 Å². The molecule has 1 aliphatic heterocycles. The van der Waals surface area contributed by atoms with Crippen LogP contribution in [0.2, 0.25) is 0 Å². The van der Waals surface area contributed by atoms with Gasteiger partial charge in [0.2, 0.25) is 5.91 Å². The summed E-state index contributed by atoms with van der Waals surface area (Å²) in [6.07, 6.45) is 2.15. The van der Waals surface area contributed by atoms with Crippen LogP contribution in [-0.2, 0) is 22.7 Å². The SMILES string of the molecule is COCCn1c(COc2ccccc2-c2ccccc2)nnc1SCC(=O)N1CCC(C)CC1. The van der Waals surface area contributed by atoms with E-state index < -0.39 is 0 Å². The Morgan fingerprint density at radius 2 is 1.79 bits per heavy atom. The molecule has 1 aromatic heterocycles. The first-order valence-electron chi connectivity index (χ1n) is 11.7. The molecule has 0 saturated carbocycles. The van der Waals surface area contributed by atoms with E-state index in [-0.39, 0.29) is 12.5 Å². The average molecular weight is 481 g/mol. The lowest BCUT2D eigenvalue weighted by molar-refractivity contribution is -0.129. The van der Waals surface area contributed by atoms with Crippen LogP contribution in [0, 0.1) is 5.92 Å². The second-order valence-corrected chi connectivity index (χ2v) is 9.49. The van der Waals surface area contributed by atoms with Gasteiger partial charge in [0.05, 0.1) is 12.4 Å². The van der Waals surface area contributed by atoms with E-state index in [1.807, 2.05) is 45.9 Å². The van der Waals surface area contributed by atoms with Gasteiger partial charge >= 0.3 is 0 Å². The van der Waals surface area contributed by atoms with E-state index >= 15 is 0 Å². The van der Waals surface area contributed by atoms with Crippen molar-refractivity contribution in [3.8, 4) is 16.9 Å². The Morgan fingerprint density at radius 1 is 1.06 bits per heavy atom. The molecule has 180 valence electrons. The molecule has 1 saturated heterocycles. The van der Waals surface area contributed by atoms with Crippen LogP contribution < -0.4 is 4.74 Å². The van der Waals surface area contributed by atoms with Crippen molar-refractivity contribution < 1.29 is 14.3 Å². The standard InChI is InChI=1S/C26H32N4O3S/c1-20-12-14-29(15-13-20)25(31)19-34-26-28-27-24(30(26)16-17-32-2)18-33-23-11-7-6-10-22(23)21-8-4-3-5-9-21/h3-11,20H,12-19H2,1-2H3. The highest BCUT2D eigenvalue weighted by Gasteiger charge is 2.22. The Balaban J connectivity index is 1.43. The number of aromatic nitrogens is 3. The molecule has 0 aliphatic carbocycles. The number of thioether (sulfide) groups is 1. The quantitative estimate of drug-likeness (QED) is 0.398. The average Bonchev–Trinajstić information content (AvgIpc) is 3.27. The number of carbonyl (C=O) groups is 1. The monoisotopic (exact) mass is 480 g/mol. The molecule has 0 atom stereocenters. The highest BCUT2D eigenvalue weighted by atomic mass is 32.2. The van der Waals surface area contributed by atoms with E-state index in [2.05, 4.69) is 35.3 Å².